The number of allylic oxidation sites excluding steroid dienone is 1. The molecule has 1 aliphatic heterocycles. The van der Waals surface area contributed by atoms with Crippen LogP contribution >= 0.6 is 0 Å². The number of fused-ring (bicyclic) bond motifs is 2. The van der Waals surface area contributed by atoms with Crippen molar-refractivity contribution in [2.75, 3.05) is 0 Å². The number of ether oxygens (including phenoxy) is 1. The van der Waals surface area contributed by atoms with Gasteiger partial charge < -0.3 is 9.84 Å². The Morgan fingerprint density at radius 2 is 2.05 bits per heavy atom. The first-order valence-corrected chi connectivity index (χ1v) is 6.38. The second kappa shape index (κ2) is 5.20. The Labute approximate surface area is 117 Å². The minimum Gasteiger partial charge on any atom is -0.488 e. The zero-order valence-corrected chi connectivity index (χ0v) is 10.8. The Morgan fingerprint density at radius 3 is 2.85 bits per heavy atom. The SMILES string of the molecule is N#CC=C1c2ccc(CO)cc2COc2ccccc21. The highest BCUT2D eigenvalue weighted by Gasteiger charge is 2.18. The van der Waals surface area contributed by atoms with Crippen molar-refractivity contribution in [1.82, 2.24) is 0 Å². The van der Waals surface area contributed by atoms with Gasteiger partial charge in [0.25, 0.3) is 0 Å². The van der Waals surface area contributed by atoms with Crippen LogP contribution in [-0.2, 0) is 13.2 Å². The molecule has 0 aromatic heterocycles. The molecule has 1 aliphatic rings. The molecule has 0 aliphatic carbocycles. The third-order valence-electron chi connectivity index (χ3n) is 3.41. The van der Waals surface area contributed by atoms with Gasteiger partial charge in [0, 0.05) is 17.2 Å². The van der Waals surface area contributed by atoms with E-state index < -0.39 is 0 Å². The topological polar surface area (TPSA) is 53.2 Å². The second-order valence-corrected chi connectivity index (χ2v) is 4.62. The zero-order valence-electron chi connectivity index (χ0n) is 10.8. The maximum Gasteiger partial charge on any atom is 0.127 e. The lowest BCUT2D eigenvalue weighted by molar-refractivity contribution is 0.280. The lowest BCUT2D eigenvalue weighted by Crippen LogP contribution is -1.97. The predicted octanol–water partition coefficient (Wildman–Crippen LogP) is 3.03. The molecule has 98 valence electrons. The first-order chi connectivity index (χ1) is 9.83. The predicted molar refractivity (Wildman–Crippen MR) is 75.8 cm³/mol. The summed E-state index contributed by atoms with van der Waals surface area (Å²) in [5.41, 5.74) is 4.59. The van der Waals surface area contributed by atoms with Gasteiger partial charge in [0.15, 0.2) is 0 Å². The number of aliphatic hydroxyl groups is 1. The number of nitriles is 1. The fourth-order valence-corrected chi connectivity index (χ4v) is 2.46. The molecule has 20 heavy (non-hydrogen) atoms. The molecular formula is C17H13NO2. The number of para-hydroxylation sites is 1. The maximum atomic E-state index is 9.24. The van der Waals surface area contributed by atoms with Crippen molar-refractivity contribution in [3.63, 3.8) is 0 Å². The molecule has 0 saturated carbocycles. The lowest BCUT2D eigenvalue weighted by atomic mass is 9.93. The molecular weight excluding hydrogens is 250 g/mol. The Bertz CT molecular complexity index is 726. The average molecular weight is 263 g/mol. The molecule has 1 heterocycles. The summed E-state index contributed by atoms with van der Waals surface area (Å²) in [6.45, 7) is 0.431. The van der Waals surface area contributed by atoms with Gasteiger partial charge in [-0.3, -0.25) is 0 Å². The van der Waals surface area contributed by atoms with Gasteiger partial charge in [0.1, 0.15) is 12.4 Å². The van der Waals surface area contributed by atoms with Crippen molar-refractivity contribution in [2.24, 2.45) is 0 Å². The Hall–Kier alpha value is -2.57. The largest absolute Gasteiger partial charge is 0.488 e. The van der Waals surface area contributed by atoms with E-state index in [1.165, 1.54) is 0 Å². The summed E-state index contributed by atoms with van der Waals surface area (Å²) in [5, 5.41) is 18.3. The van der Waals surface area contributed by atoms with Crippen LogP contribution in [0.15, 0.2) is 48.5 Å². The summed E-state index contributed by atoms with van der Waals surface area (Å²) >= 11 is 0. The van der Waals surface area contributed by atoms with E-state index >= 15 is 0 Å². The highest BCUT2D eigenvalue weighted by Crippen LogP contribution is 2.36. The summed E-state index contributed by atoms with van der Waals surface area (Å²) in [4.78, 5) is 0. The van der Waals surface area contributed by atoms with E-state index in [1.807, 2.05) is 42.5 Å². The summed E-state index contributed by atoms with van der Waals surface area (Å²) in [7, 11) is 0. The molecule has 0 unspecified atom stereocenters. The molecule has 3 heteroatoms. The summed E-state index contributed by atoms with van der Waals surface area (Å²) in [5.74, 6) is 0.774. The third kappa shape index (κ3) is 2.07. The molecule has 0 atom stereocenters. The molecule has 2 aromatic carbocycles. The quantitative estimate of drug-likeness (QED) is 0.805. The maximum absolute atomic E-state index is 9.24. The fourth-order valence-electron chi connectivity index (χ4n) is 2.46. The van der Waals surface area contributed by atoms with Gasteiger partial charge in [0.05, 0.1) is 12.7 Å². The average Bonchev–Trinajstić information content (AvgIpc) is 2.65. The van der Waals surface area contributed by atoms with Crippen LogP contribution in [0.25, 0.3) is 5.57 Å². The van der Waals surface area contributed by atoms with Gasteiger partial charge in [-0.2, -0.15) is 5.26 Å². The molecule has 0 spiro atoms. The van der Waals surface area contributed by atoms with E-state index in [2.05, 4.69) is 6.07 Å². The van der Waals surface area contributed by atoms with Gasteiger partial charge in [0.2, 0.25) is 0 Å². The highest BCUT2D eigenvalue weighted by atomic mass is 16.5. The van der Waals surface area contributed by atoms with Gasteiger partial charge in [-0.15, -0.1) is 0 Å². The standard InChI is InChI=1S/C17H13NO2/c18-8-7-15-14-6-5-12(10-19)9-13(14)11-20-17-4-2-1-3-16(15)17/h1-7,9,19H,10-11H2. The molecule has 0 fully saturated rings. The number of hydrogen-bond donors (Lipinski definition) is 1. The molecule has 3 nitrogen and oxygen atoms in total. The number of nitrogens with zero attached hydrogens (tertiary/aromatic N) is 1. The fraction of sp³-hybridized carbons (Fsp3) is 0.118. The minimum atomic E-state index is -0.00245. The van der Waals surface area contributed by atoms with Gasteiger partial charge >= 0.3 is 0 Å². The molecule has 3 rings (SSSR count). The second-order valence-electron chi connectivity index (χ2n) is 4.62. The molecule has 1 N–H and O–H groups in total. The van der Waals surface area contributed by atoms with Crippen LogP contribution in [0, 0.1) is 11.3 Å². The van der Waals surface area contributed by atoms with Crippen molar-refractivity contribution in [3.05, 3.63) is 70.8 Å². The van der Waals surface area contributed by atoms with Crippen LogP contribution in [0.1, 0.15) is 22.3 Å². The first-order valence-electron chi connectivity index (χ1n) is 6.38. The van der Waals surface area contributed by atoms with E-state index in [1.54, 1.807) is 6.08 Å². The van der Waals surface area contributed by atoms with E-state index in [0.29, 0.717) is 6.61 Å². The Balaban J connectivity index is 2.23. The summed E-state index contributed by atoms with van der Waals surface area (Å²) in [6.07, 6.45) is 1.55. The smallest absolute Gasteiger partial charge is 0.127 e. The van der Waals surface area contributed by atoms with Crippen molar-refractivity contribution in [2.45, 2.75) is 13.2 Å². The van der Waals surface area contributed by atoms with Gasteiger partial charge in [-0.1, -0.05) is 30.3 Å². The number of benzene rings is 2. The van der Waals surface area contributed by atoms with Crippen LogP contribution in [0.5, 0.6) is 5.75 Å². The van der Waals surface area contributed by atoms with Crippen LogP contribution in [0.3, 0.4) is 0 Å². The minimum absolute atomic E-state index is 0.00245. The van der Waals surface area contributed by atoms with Crippen molar-refractivity contribution >= 4 is 5.57 Å². The molecule has 0 bridgehead atoms. The highest BCUT2D eigenvalue weighted by molar-refractivity contribution is 5.86. The van der Waals surface area contributed by atoms with Crippen molar-refractivity contribution in [1.29, 1.82) is 5.26 Å². The van der Waals surface area contributed by atoms with Gasteiger partial charge in [-0.25, -0.2) is 0 Å². The van der Waals surface area contributed by atoms with E-state index in [4.69, 9.17) is 10.00 Å². The van der Waals surface area contributed by atoms with Crippen molar-refractivity contribution < 1.29 is 9.84 Å². The van der Waals surface area contributed by atoms with Crippen molar-refractivity contribution in [3.8, 4) is 11.8 Å². The molecule has 2 aromatic rings. The van der Waals surface area contributed by atoms with E-state index in [9.17, 15) is 5.11 Å². The molecule has 0 saturated heterocycles. The van der Waals surface area contributed by atoms with E-state index in [0.717, 1.165) is 33.6 Å². The van der Waals surface area contributed by atoms with Crippen LogP contribution in [0.2, 0.25) is 0 Å². The number of aliphatic hydroxyl groups excluding tert-OH is 1. The Kier molecular flexibility index (Phi) is 3.24. The monoisotopic (exact) mass is 263 g/mol. The first kappa shape index (κ1) is 12.5. The summed E-state index contributed by atoms with van der Waals surface area (Å²) < 4.78 is 5.82. The van der Waals surface area contributed by atoms with Crippen LogP contribution in [0.4, 0.5) is 0 Å². The third-order valence-corrected chi connectivity index (χ3v) is 3.41. The Morgan fingerprint density at radius 1 is 1.20 bits per heavy atom. The number of hydrogen-bond acceptors (Lipinski definition) is 3. The lowest BCUT2D eigenvalue weighted by Gasteiger charge is -2.09. The van der Waals surface area contributed by atoms with Crippen LogP contribution < -0.4 is 4.74 Å². The van der Waals surface area contributed by atoms with Crippen LogP contribution in [-0.4, -0.2) is 5.11 Å². The summed E-state index contributed by atoms with van der Waals surface area (Å²) in [6, 6.07) is 15.5. The number of rotatable bonds is 1. The molecule has 0 amide bonds. The molecule has 0 radical (unpaired) electrons. The van der Waals surface area contributed by atoms with Gasteiger partial charge in [-0.05, 0) is 28.8 Å². The normalized spacial score (nSPS) is 14.7. The van der Waals surface area contributed by atoms with E-state index in [-0.39, 0.29) is 6.61 Å². The zero-order chi connectivity index (χ0) is 13.9.